The van der Waals surface area contributed by atoms with Crippen LogP contribution in [0.3, 0.4) is 0 Å². The largest absolute Gasteiger partial charge is 0.488 e. The third kappa shape index (κ3) is 7.89. The number of carbonyl (C=O) groups is 4. The van der Waals surface area contributed by atoms with Gasteiger partial charge in [0.15, 0.2) is 0 Å². The van der Waals surface area contributed by atoms with Crippen LogP contribution in [0.1, 0.15) is 78.6 Å². The number of sulfonamides is 1. The third-order valence-electron chi connectivity index (χ3n) is 10.9. The summed E-state index contributed by atoms with van der Waals surface area (Å²) in [6, 6.07) is 4.65. The van der Waals surface area contributed by atoms with Crippen molar-refractivity contribution < 1.29 is 37.1 Å². The summed E-state index contributed by atoms with van der Waals surface area (Å²) in [4.78, 5) is 61.5. The minimum Gasteiger partial charge on any atom is -0.488 e. The number of rotatable bonds is 13. The third-order valence-corrected chi connectivity index (χ3v) is 13.3. The summed E-state index contributed by atoms with van der Waals surface area (Å²) in [5.41, 5.74) is -1.78. The fourth-order valence-electron chi connectivity index (χ4n) is 7.52. The number of benzene rings is 1. The van der Waals surface area contributed by atoms with Crippen LogP contribution in [0.15, 0.2) is 55.8 Å². The summed E-state index contributed by atoms with van der Waals surface area (Å²) in [5.74, 6) is -2.13. The van der Waals surface area contributed by atoms with Gasteiger partial charge in [-0.2, -0.15) is 0 Å². The first-order valence-electron chi connectivity index (χ1n) is 18.1. The van der Waals surface area contributed by atoms with E-state index in [0.717, 1.165) is 25.7 Å². The standard InChI is InChI=1S/C38H48ClN5O8S/c1-6-15-37(16-17-37)53(49,50)43-34(47)38(21-23(38)7-2)42-32(45)29-20-26(51-30-14-18-40-28-19-24(39)12-13-27(28)30)22-44(29)33(46)31(36(3,4)5)41-35(48)52-25-10-8-9-11-25/h6-7,12-14,18-19,23,25-26,29,31H,1-2,8-11,15-17,20-22H2,3-5H3,(H,41,48)(H,42,45)(H,43,47)/t23-,26+,29-,31+,38-/m0/s1. The van der Waals surface area contributed by atoms with Gasteiger partial charge in [0.1, 0.15) is 35.6 Å². The molecule has 4 fully saturated rings. The number of nitrogens with zero attached hydrogens (tertiary/aromatic N) is 2. The predicted octanol–water partition coefficient (Wildman–Crippen LogP) is 4.94. The van der Waals surface area contributed by atoms with Crippen molar-refractivity contribution in [3.63, 3.8) is 0 Å². The number of pyridine rings is 1. The van der Waals surface area contributed by atoms with Crippen LogP contribution in [0.4, 0.5) is 4.79 Å². The highest BCUT2D eigenvalue weighted by atomic mass is 35.5. The second-order valence-corrected chi connectivity index (χ2v) is 18.3. The molecule has 0 unspecified atom stereocenters. The van der Waals surface area contributed by atoms with E-state index in [1.165, 1.54) is 17.1 Å². The highest BCUT2D eigenvalue weighted by molar-refractivity contribution is 7.91. The first kappa shape index (κ1) is 38.6. The molecule has 1 aromatic carbocycles. The number of ether oxygens (including phenoxy) is 2. The van der Waals surface area contributed by atoms with E-state index in [-0.39, 0.29) is 31.9 Å². The van der Waals surface area contributed by atoms with Gasteiger partial charge in [-0.05, 0) is 81.0 Å². The molecule has 3 N–H and O–H groups in total. The molecule has 3 aliphatic carbocycles. The second kappa shape index (κ2) is 14.6. The molecule has 4 amide bonds. The number of alkyl carbamates (subject to hydrolysis) is 1. The lowest BCUT2D eigenvalue weighted by Gasteiger charge is -2.35. The zero-order valence-corrected chi connectivity index (χ0v) is 31.9. The molecular weight excluding hydrogens is 722 g/mol. The zero-order chi connectivity index (χ0) is 38.3. The van der Waals surface area contributed by atoms with Gasteiger partial charge in [0.2, 0.25) is 21.8 Å². The van der Waals surface area contributed by atoms with E-state index in [4.69, 9.17) is 21.1 Å². The lowest BCUT2D eigenvalue weighted by Crippen LogP contribution is -2.60. The normalized spacial score (nSPS) is 25.6. The van der Waals surface area contributed by atoms with Crippen LogP contribution < -0.4 is 20.1 Å². The van der Waals surface area contributed by atoms with Crippen molar-refractivity contribution in [1.82, 2.24) is 25.2 Å². The van der Waals surface area contributed by atoms with Gasteiger partial charge < -0.3 is 25.0 Å². The van der Waals surface area contributed by atoms with Crippen LogP contribution in [0.5, 0.6) is 5.75 Å². The molecule has 286 valence electrons. The Balaban J connectivity index is 1.27. The SMILES string of the molecule is C=CCC1(S(=O)(=O)NC(=O)[C@]2(NC(=O)[C@@H]3C[C@@H](Oc4ccnc5cc(Cl)ccc45)CN3C(=O)[C@@H](NC(=O)OC3CCCC3)C(C)(C)C)C[C@@H]2C=C)CC1. The molecule has 0 bridgehead atoms. The van der Waals surface area contributed by atoms with Gasteiger partial charge in [0, 0.05) is 28.9 Å². The number of hydrogen-bond donors (Lipinski definition) is 3. The van der Waals surface area contributed by atoms with Crippen LogP contribution in [0.2, 0.25) is 5.02 Å². The fraction of sp³-hybridized carbons (Fsp3) is 0.553. The van der Waals surface area contributed by atoms with Gasteiger partial charge in [-0.25, -0.2) is 13.2 Å². The van der Waals surface area contributed by atoms with Crippen LogP contribution in [0, 0.1) is 11.3 Å². The maximum absolute atomic E-state index is 14.5. The number of nitrogens with one attached hydrogen (secondary N) is 3. The van der Waals surface area contributed by atoms with Crippen LogP contribution >= 0.6 is 11.6 Å². The number of carbonyl (C=O) groups excluding carboxylic acids is 4. The van der Waals surface area contributed by atoms with Crippen LogP contribution in [-0.4, -0.2) is 83.2 Å². The van der Waals surface area contributed by atoms with E-state index < -0.39 is 73.6 Å². The van der Waals surface area contributed by atoms with Gasteiger partial charge in [-0.15, -0.1) is 13.2 Å². The maximum Gasteiger partial charge on any atom is 0.408 e. The van der Waals surface area contributed by atoms with Crippen molar-refractivity contribution >= 4 is 56.3 Å². The number of halogens is 1. The topological polar surface area (TPSA) is 173 Å². The molecule has 1 aromatic heterocycles. The molecule has 15 heteroatoms. The molecule has 1 saturated heterocycles. The Hall–Kier alpha value is -4.17. The van der Waals surface area contributed by atoms with E-state index in [1.807, 2.05) is 0 Å². The molecular formula is C38H48ClN5O8S. The minimum atomic E-state index is -4.08. The first-order valence-corrected chi connectivity index (χ1v) is 20.0. The molecule has 3 saturated carbocycles. The smallest absolute Gasteiger partial charge is 0.408 e. The van der Waals surface area contributed by atoms with Gasteiger partial charge in [0.05, 0.1) is 16.8 Å². The van der Waals surface area contributed by atoms with E-state index >= 15 is 0 Å². The lowest BCUT2D eigenvalue weighted by molar-refractivity contribution is -0.143. The van der Waals surface area contributed by atoms with E-state index in [1.54, 1.807) is 51.2 Å². The summed E-state index contributed by atoms with van der Waals surface area (Å²) in [6.07, 6.45) is 7.53. The molecule has 0 radical (unpaired) electrons. The van der Waals surface area contributed by atoms with Crippen molar-refractivity contribution in [2.75, 3.05) is 6.54 Å². The van der Waals surface area contributed by atoms with Gasteiger partial charge >= 0.3 is 6.09 Å². The van der Waals surface area contributed by atoms with Crippen molar-refractivity contribution in [2.45, 2.75) is 113 Å². The maximum atomic E-state index is 14.5. The first-order chi connectivity index (χ1) is 25.0. The number of fused-ring (bicyclic) bond motifs is 1. The Morgan fingerprint density at radius 2 is 1.83 bits per heavy atom. The molecule has 4 aliphatic rings. The van der Waals surface area contributed by atoms with Crippen molar-refractivity contribution in [3.8, 4) is 5.75 Å². The van der Waals surface area contributed by atoms with Crippen LogP contribution in [-0.2, 0) is 29.1 Å². The number of aromatic nitrogens is 1. The van der Waals surface area contributed by atoms with Crippen molar-refractivity contribution in [1.29, 1.82) is 0 Å². The molecule has 0 spiro atoms. The molecule has 1 aliphatic heterocycles. The summed E-state index contributed by atoms with van der Waals surface area (Å²) < 4.78 is 39.8. The zero-order valence-electron chi connectivity index (χ0n) is 30.4. The van der Waals surface area contributed by atoms with Crippen molar-refractivity contribution in [3.05, 3.63) is 60.8 Å². The Bertz CT molecular complexity index is 1920. The van der Waals surface area contributed by atoms with Gasteiger partial charge in [0.25, 0.3) is 5.91 Å². The Morgan fingerprint density at radius 3 is 2.45 bits per heavy atom. The average molecular weight is 770 g/mol. The molecule has 5 atom stereocenters. The number of hydrogen-bond acceptors (Lipinski definition) is 9. The minimum absolute atomic E-state index is 0.0250. The molecule has 2 aromatic rings. The summed E-state index contributed by atoms with van der Waals surface area (Å²) >= 11 is 6.19. The predicted molar refractivity (Wildman–Crippen MR) is 199 cm³/mol. The monoisotopic (exact) mass is 769 g/mol. The molecule has 13 nitrogen and oxygen atoms in total. The Kier molecular flexibility index (Phi) is 10.6. The van der Waals surface area contributed by atoms with E-state index in [2.05, 4.69) is 33.5 Å². The number of amides is 4. The van der Waals surface area contributed by atoms with Gasteiger partial charge in [-0.3, -0.25) is 24.1 Å². The second-order valence-electron chi connectivity index (χ2n) is 15.8. The summed E-state index contributed by atoms with van der Waals surface area (Å²) in [7, 11) is -4.08. The molecule has 2 heterocycles. The number of allylic oxidation sites excluding steroid dienone is 1. The summed E-state index contributed by atoms with van der Waals surface area (Å²) in [5, 5.41) is 6.76. The van der Waals surface area contributed by atoms with Gasteiger partial charge in [-0.1, -0.05) is 44.5 Å². The average Bonchev–Trinajstić information content (AvgIpc) is 3.91. The number of likely N-dealkylation sites (tertiary alicyclic amines) is 1. The molecule has 6 rings (SSSR count). The van der Waals surface area contributed by atoms with E-state index in [0.29, 0.717) is 34.5 Å². The Morgan fingerprint density at radius 1 is 1.11 bits per heavy atom. The quantitative estimate of drug-likeness (QED) is 0.239. The fourth-order valence-corrected chi connectivity index (χ4v) is 9.31. The summed E-state index contributed by atoms with van der Waals surface area (Å²) in [6.45, 7) is 12.8. The van der Waals surface area contributed by atoms with E-state index in [9.17, 15) is 27.6 Å². The highest BCUT2D eigenvalue weighted by Gasteiger charge is 2.63. The highest BCUT2D eigenvalue weighted by Crippen LogP contribution is 2.49. The van der Waals surface area contributed by atoms with Crippen LogP contribution in [0.25, 0.3) is 10.9 Å². The molecule has 53 heavy (non-hydrogen) atoms. The van der Waals surface area contributed by atoms with Crippen molar-refractivity contribution in [2.24, 2.45) is 11.3 Å². The lowest BCUT2D eigenvalue weighted by atomic mass is 9.85. The Labute approximate surface area is 315 Å².